The molecule has 0 aromatic rings. The molecule has 0 aromatic heterocycles. The van der Waals surface area contributed by atoms with Gasteiger partial charge in [0, 0.05) is 25.2 Å². The normalized spacial score (nSPS) is 27.1. The highest BCUT2D eigenvalue weighted by Crippen LogP contribution is 2.20. The summed E-state index contributed by atoms with van der Waals surface area (Å²) in [6.07, 6.45) is 3.37. The molecule has 92 valence electrons. The van der Waals surface area contributed by atoms with Crippen molar-refractivity contribution in [1.82, 2.24) is 4.90 Å². The van der Waals surface area contributed by atoms with Crippen LogP contribution in [0.3, 0.4) is 0 Å². The molecule has 0 aromatic carbocycles. The van der Waals surface area contributed by atoms with E-state index in [4.69, 9.17) is 0 Å². The fourth-order valence-electron chi connectivity index (χ4n) is 1.94. The van der Waals surface area contributed by atoms with Crippen LogP contribution in [0, 0.1) is 0 Å². The van der Waals surface area contributed by atoms with Crippen molar-refractivity contribution in [2.45, 2.75) is 32.3 Å². The Morgan fingerprint density at radius 2 is 2.31 bits per heavy atom. The van der Waals surface area contributed by atoms with Gasteiger partial charge in [0.25, 0.3) is 0 Å². The molecular formula is C12H21NO3. The summed E-state index contributed by atoms with van der Waals surface area (Å²) in [6, 6.07) is 0. The smallest absolute Gasteiger partial charge is 0.333 e. The number of methoxy groups -OCH3 is 1. The lowest BCUT2D eigenvalue weighted by atomic mass is 10.1. The maximum absolute atomic E-state index is 11.3. The van der Waals surface area contributed by atoms with E-state index in [-0.39, 0.29) is 5.97 Å². The number of β-amino-alcohol motifs (C(OH)–C–C–N with tert-alkyl or cyclic N) is 1. The highest BCUT2D eigenvalue weighted by Gasteiger charge is 2.30. The molecular weight excluding hydrogens is 206 g/mol. The molecule has 0 saturated carbocycles. The average molecular weight is 227 g/mol. The Balaban J connectivity index is 2.49. The molecule has 0 aliphatic carbocycles. The van der Waals surface area contributed by atoms with Gasteiger partial charge >= 0.3 is 5.97 Å². The van der Waals surface area contributed by atoms with Gasteiger partial charge in [0.05, 0.1) is 12.7 Å². The maximum atomic E-state index is 11.3. The van der Waals surface area contributed by atoms with Gasteiger partial charge in [-0.05, 0) is 19.8 Å². The minimum Gasteiger partial charge on any atom is -0.466 e. The van der Waals surface area contributed by atoms with Crippen LogP contribution in [-0.2, 0) is 9.53 Å². The van der Waals surface area contributed by atoms with Gasteiger partial charge in [-0.3, -0.25) is 4.90 Å². The minimum atomic E-state index is -0.578. The third-order valence-corrected chi connectivity index (χ3v) is 2.96. The van der Waals surface area contributed by atoms with E-state index in [0.717, 1.165) is 13.0 Å². The number of hydrogen-bond acceptors (Lipinski definition) is 4. The van der Waals surface area contributed by atoms with E-state index < -0.39 is 5.60 Å². The van der Waals surface area contributed by atoms with E-state index in [0.29, 0.717) is 25.1 Å². The summed E-state index contributed by atoms with van der Waals surface area (Å²) in [5, 5.41) is 9.79. The Morgan fingerprint density at radius 3 is 2.75 bits per heavy atom. The second-order valence-electron chi connectivity index (χ2n) is 4.56. The van der Waals surface area contributed by atoms with Gasteiger partial charge in [-0.25, -0.2) is 4.79 Å². The van der Waals surface area contributed by atoms with E-state index in [1.165, 1.54) is 7.11 Å². The van der Waals surface area contributed by atoms with Gasteiger partial charge in [0.2, 0.25) is 0 Å². The first-order chi connectivity index (χ1) is 7.48. The summed E-state index contributed by atoms with van der Waals surface area (Å²) in [7, 11) is 1.40. The van der Waals surface area contributed by atoms with Gasteiger partial charge in [-0.15, -0.1) is 0 Å². The Kier molecular flexibility index (Phi) is 4.50. The summed E-state index contributed by atoms with van der Waals surface area (Å²) in [4.78, 5) is 13.5. The molecule has 1 fully saturated rings. The predicted molar refractivity (Wildman–Crippen MR) is 62.1 cm³/mol. The number of carbonyl (C=O) groups excluding carboxylic acids is 1. The molecule has 1 saturated heterocycles. The van der Waals surface area contributed by atoms with Crippen LogP contribution >= 0.6 is 0 Å². The van der Waals surface area contributed by atoms with E-state index in [1.807, 2.05) is 19.9 Å². The third-order valence-electron chi connectivity index (χ3n) is 2.96. The van der Waals surface area contributed by atoms with E-state index in [9.17, 15) is 9.90 Å². The Hall–Kier alpha value is -0.870. The summed E-state index contributed by atoms with van der Waals surface area (Å²) in [5.41, 5.74) is 0.125. The lowest BCUT2D eigenvalue weighted by Crippen LogP contribution is -2.30. The highest BCUT2D eigenvalue weighted by atomic mass is 16.5. The molecule has 4 heteroatoms. The van der Waals surface area contributed by atoms with Gasteiger partial charge in [0.1, 0.15) is 0 Å². The first-order valence-electron chi connectivity index (χ1n) is 5.70. The van der Waals surface area contributed by atoms with Crippen molar-refractivity contribution < 1.29 is 14.6 Å². The van der Waals surface area contributed by atoms with Crippen molar-refractivity contribution in [3.05, 3.63) is 11.6 Å². The number of rotatable bonds is 4. The number of esters is 1. The van der Waals surface area contributed by atoms with Crippen molar-refractivity contribution in [3.63, 3.8) is 0 Å². The third kappa shape index (κ3) is 3.61. The molecule has 16 heavy (non-hydrogen) atoms. The molecule has 0 amide bonds. The molecule has 1 atom stereocenters. The Morgan fingerprint density at radius 1 is 1.62 bits per heavy atom. The zero-order chi connectivity index (χ0) is 12.2. The summed E-state index contributed by atoms with van der Waals surface area (Å²) in [5.74, 6) is -0.256. The largest absolute Gasteiger partial charge is 0.466 e. The van der Waals surface area contributed by atoms with Crippen LogP contribution < -0.4 is 0 Å². The molecule has 0 radical (unpaired) electrons. The number of hydrogen-bond donors (Lipinski definition) is 1. The van der Waals surface area contributed by atoms with Crippen molar-refractivity contribution in [3.8, 4) is 0 Å². The summed E-state index contributed by atoms with van der Waals surface area (Å²) >= 11 is 0. The number of aliphatic hydroxyl groups is 1. The zero-order valence-electron chi connectivity index (χ0n) is 10.3. The second kappa shape index (κ2) is 5.46. The van der Waals surface area contributed by atoms with Crippen LogP contribution in [-0.4, -0.2) is 48.3 Å². The number of carbonyl (C=O) groups is 1. The average Bonchev–Trinajstić information content (AvgIpc) is 2.58. The molecule has 1 unspecified atom stereocenters. The molecule has 1 aliphatic heterocycles. The molecule has 1 aliphatic rings. The van der Waals surface area contributed by atoms with Crippen molar-refractivity contribution in [2.75, 3.05) is 26.7 Å². The van der Waals surface area contributed by atoms with Crippen LogP contribution in [0.15, 0.2) is 11.6 Å². The van der Waals surface area contributed by atoms with Gasteiger partial charge in [-0.2, -0.15) is 0 Å². The fraction of sp³-hybridized carbons (Fsp3) is 0.750. The molecule has 1 heterocycles. The van der Waals surface area contributed by atoms with Crippen molar-refractivity contribution in [1.29, 1.82) is 0 Å². The Labute approximate surface area is 96.9 Å². The molecule has 0 spiro atoms. The fourth-order valence-corrected chi connectivity index (χ4v) is 1.94. The summed E-state index contributed by atoms with van der Waals surface area (Å²) < 4.78 is 4.68. The first kappa shape index (κ1) is 13.2. The van der Waals surface area contributed by atoms with Crippen LogP contribution in [0.25, 0.3) is 0 Å². The van der Waals surface area contributed by atoms with E-state index in [2.05, 4.69) is 9.64 Å². The molecule has 0 bridgehead atoms. The SMILES string of the molecule is CCC(=CCN1CCC(C)(O)C1)C(=O)OC. The van der Waals surface area contributed by atoms with Crippen molar-refractivity contribution in [2.24, 2.45) is 0 Å². The monoisotopic (exact) mass is 227 g/mol. The van der Waals surface area contributed by atoms with Gasteiger partial charge in [0.15, 0.2) is 0 Å². The van der Waals surface area contributed by atoms with E-state index in [1.54, 1.807) is 0 Å². The lowest BCUT2D eigenvalue weighted by Gasteiger charge is -2.17. The number of likely N-dealkylation sites (tertiary alicyclic amines) is 1. The molecule has 1 N–H and O–H groups in total. The standard InChI is InChI=1S/C12H21NO3/c1-4-10(11(14)16-3)5-7-13-8-6-12(2,15)9-13/h5,15H,4,6-9H2,1-3H3. The molecule has 4 nitrogen and oxygen atoms in total. The van der Waals surface area contributed by atoms with Crippen LogP contribution in [0.1, 0.15) is 26.7 Å². The van der Waals surface area contributed by atoms with Crippen LogP contribution in [0.4, 0.5) is 0 Å². The first-order valence-corrected chi connectivity index (χ1v) is 5.70. The summed E-state index contributed by atoms with van der Waals surface area (Å²) in [6.45, 7) is 6.03. The Bertz CT molecular complexity index is 284. The second-order valence-corrected chi connectivity index (χ2v) is 4.56. The van der Waals surface area contributed by atoms with Gasteiger partial charge in [-0.1, -0.05) is 13.0 Å². The number of ether oxygens (including phenoxy) is 1. The predicted octanol–water partition coefficient (Wildman–Crippen LogP) is 0.952. The van der Waals surface area contributed by atoms with Gasteiger partial charge < -0.3 is 9.84 Å². The van der Waals surface area contributed by atoms with Crippen LogP contribution in [0.2, 0.25) is 0 Å². The number of nitrogens with zero attached hydrogens (tertiary/aromatic N) is 1. The lowest BCUT2D eigenvalue weighted by molar-refractivity contribution is -0.136. The van der Waals surface area contributed by atoms with E-state index >= 15 is 0 Å². The highest BCUT2D eigenvalue weighted by molar-refractivity contribution is 5.88. The molecule has 1 rings (SSSR count). The topological polar surface area (TPSA) is 49.8 Å². The van der Waals surface area contributed by atoms with Crippen LogP contribution in [0.5, 0.6) is 0 Å². The minimum absolute atomic E-state index is 0.256. The maximum Gasteiger partial charge on any atom is 0.333 e. The zero-order valence-corrected chi connectivity index (χ0v) is 10.3. The quantitative estimate of drug-likeness (QED) is 0.574. The van der Waals surface area contributed by atoms with Crippen molar-refractivity contribution >= 4 is 5.97 Å².